The van der Waals surface area contributed by atoms with Crippen molar-refractivity contribution in [2.75, 3.05) is 17.8 Å². The van der Waals surface area contributed by atoms with Gasteiger partial charge in [-0.05, 0) is 55.8 Å². The van der Waals surface area contributed by atoms with Gasteiger partial charge in [-0.3, -0.25) is 9.52 Å². The molecule has 1 aliphatic heterocycles. The van der Waals surface area contributed by atoms with Crippen molar-refractivity contribution in [3.63, 3.8) is 0 Å². The SMILES string of the molecule is Cl.O=C(NC1CCCNC1)c1ccc(S(=O)(=O)Nc2ccccc2)cc1. The fraction of sp³-hybridized carbons (Fsp3) is 0.278. The molecule has 1 amide bonds. The number of benzene rings is 2. The van der Waals surface area contributed by atoms with Crippen LogP contribution in [0.2, 0.25) is 0 Å². The Kier molecular flexibility index (Phi) is 7.02. The minimum atomic E-state index is -3.67. The van der Waals surface area contributed by atoms with Gasteiger partial charge in [-0.15, -0.1) is 12.4 Å². The number of halogens is 1. The third-order valence-corrected chi connectivity index (χ3v) is 5.48. The van der Waals surface area contributed by atoms with Crippen LogP contribution < -0.4 is 15.4 Å². The van der Waals surface area contributed by atoms with E-state index in [2.05, 4.69) is 15.4 Å². The predicted molar refractivity (Wildman–Crippen MR) is 104 cm³/mol. The average molecular weight is 396 g/mol. The molecule has 1 heterocycles. The lowest BCUT2D eigenvalue weighted by Gasteiger charge is -2.23. The van der Waals surface area contributed by atoms with E-state index in [-0.39, 0.29) is 29.3 Å². The maximum absolute atomic E-state index is 12.4. The van der Waals surface area contributed by atoms with Crippen molar-refractivity contribution in [2.45, 2.75) is 23.8 Å². The topological polar surface area (TPSA) is 87.3 Å². The molecule has 0 aromatic heterocycles. The number of carbonyl (C=O) groups excluding carboxylic acids is 1. The molecule has 3 N–H and O–H groups in total. The van der Waals surface area contributed by atoms with Crippen molar-refractivity contribution in [1.29, 1.82) is 0 Å². The fourth-order valence-electron chi connectivity index (χ4n) is 2.75. The number of anilines is 1. The van der Waals surface area contributed by atoms with Gasteiger partial charge >= 0.3 is 0 Å². The quantitative estimate of drug-likeness (QED) is 0.725. The Morgan fingerprint density at radius 2 is 1.73 bits per heavy atom. The number of piperidine rings is 1. The van der Waals surface area contributed by atoms with Gasteiger partial charge in [0, 0.05) is 23.8 Å². The van der Waals surface area contributed by atoms with Crippen LogP contribution in [0.1, 0.15) is 23.2 Å². The van der Waals surface area contributed by atoms with Gasteiger partial charge in [-0.1, -0.05) is 18.2 Å². The number of amides is 1. The normalized spacial score (nSPS) is 17.0. The highest BCUT2D eigenvalue weighted by Gasteiger charge is 2.18. The van der Waals surface area contributed by atoms with E-state index >= 15 is 0 Å². The zero-order valence-corrected chi connectivity index (χ0v) is 15.8. The van der Waals surface area contributed by atoms with Crippen LogP contribution >= 0.6 is 12.4 Å². The smallest absolute Gasteiger partial charge is 0.261 e. The Morgan fingerprint density at radius 1 is 1.04 bits per heavy atom. The highest BCUT2D eigenvalue weighted by molar-refractivity contribution is 7.92. The third-order valence-electron chi connectivity index (χ3n) is 4.08. The lowest BCUT2D eigenvalue weighted by molar-refractivity contribution is 0.0930. The summed E-state index contributed by atoms with van der Waals surface area (Å²) in [4.78, 5) is 12.4. The summed E-state index contributed by atoms with van der Waals surface area (Å²) < 4.78 is 27.3. The molecule has 26 heavy (non-hydrogen) atoms. The first-order valence-corrected chi connectivity index (χ1v) is 9.72. The van der Waals surface area contributed by atoms with Gasteiger partial charge in [0.1, 0.15) is 0 Å². The van der Waals surface area contributed by atoms with Crippen LogP contribution in [0.15, 0.2) is 59.5 Å². The van der Waals surface area contributed by atoms with Crippen molar-refractivity contribution in [1.82, 2.24) is 10.6 Å². The van der Waals surface area contributed by atoms with Crippen molar-refractivity contribution in [2.24, 2.45) is 0 Å². The molecule has 140 valence electrons. The van der Waals surface area contributed by atoms with E-state index in [0.717, 1.165) is 25.9 Å². The minimum Gasteiger partial charge on any atom is -0.348 e. The lowest BCUT2D eigenvalue weighted by atomic mass is 10.1. The van der Waals surface area contributed by atoms with Crippen LogP contribution in [-0.4, -0.2) is 33.5 Å². The van der Waals surface area contributed by atoms with Crippen LogP contribution in [0.3, 0.4) is 0 Å². The largest absolute Gasteiger partial charge is 0.348 e. The molecule has 6 nitrogen and oxygen atoms in total. The van der Waals surface area contributed by atoms with Crippen LogP contribution in [0, 0.1) is 0 Å². The molecule has 2 aromatic carbocycles. The van der Waals surface area contributed by atoms with Crippen molar-refractivity contribution in [3.8, 4) is 0 Å². The summed E-state index contributed by atoms with van der Waals surface area (Å²) in [6, 6.07) is 14.7. The molecule has 1 unspecified atom stereocenters. The second kappa shape index (κ2) is 9.02. The highest BCUT2D eigenvalue weighted by atomic mass is 35.5. The summed E-state index contributed by atoms with van der Waals surface area (Å²) in [5, 5.41) is 6.21. The summed E-state index contributed by atoms with van der Waals surface area (Å²) >= 11 is 0. The summed E-state index contributed by atoms with van der Waals surface area (Å²) in [5.41, 5.74) is 0.943. The number of hydrogen-bond donors (Lipinski definition) is 3. The van der Waals surface area contributed by atoms with Crippen molar-refractivity contribution in [3.05, 3.63) is 60.2 Å². The molecule has 0 saturated carbocycles. The van der Waals surface area contributed by atoms with E-state index in [1.807, 2.05) is 6.07 Å². The van der Waals surface area contributed by atoms with E-state index in [1.54, 1.807) is 24.3 Å². The first-order valence-electron chi connectivity index (χ1n) is 8.24. The van der Waals surface area contributed by atoms with Crippen molar-refractivity contribution >= 4 is 34.0 Å². The molecule has 1 aliphatic rings. The number of hydrogen-bond acceptors (Lipinski definition) is 4. The molecule has 8 heteroatoms. The van der Waals surface area contributed by atoms with E-state index in [9.17, 15) is 13.2 Å². The number of nitrogens with one attached hydrogen (secondary N) is 3. The molecule has 2 aromatic rings. The maximum atomic E-state index is 12.4. The summed E-state index contributed by atoms with van der Waals surface area (Å²) in [7, 11) is -3.67. The molecule has 1 saturated heterocycles. The average Bonchev–Trinajstić information content (AvgIpc) is 2.63. The summed E-state index contributed by atoms with van der Waals surface area (Å²) in [6.07, 6.45) is 1.99. The summed E-state index contributed by atoms with van der Waals surface area (Å²) in [6.45, 7) is 1.74. The van der Waals surface area contributed by atoms with Crippen LogP contribution in [-0.2, 0) is 10.0 Å². The molecule has 0 bridgehead atoms. The van der Waals surface area contributed by atoms with Gasteiger partial charge in [0.2, 0.25) is 0 Å². The van der Waals surface area contributed by atoms with E-state index in [0.29, 0.717) is 11.3 Å². The Bertz CT molecular complexity index is 821. The Morgan fingerprint density at radius 3 is 2.35 bits per heavy atom. The summed E-state index contributed by atoms with van der Waals surface area (Å²) in [5.74, 6) is -0.186. The van der Waals surface area contributed by atoms with Gasteiger partial charge < -0.3 is 10.6 Å². The zero-order valence-electron chi connectivity index (χ0n) is 14.1. The van der Waals surface area contributed by atoms with E-state index in [4.69, 9.17) is 0 Å². The van der Waals surface area contributed by atoms with Gasteiger partial charge in [-0.25, -0.2) is 8.42 Å². The molecular formula is C18H22ClN3O3S. The highest BCUT2D eigenvalue weighted by Crippen LogP contribution is 2.16. The molecule has 0 aliphatic carbocycles. The molecule has 3 rings (SSSR count). The van der Waals surface area contributed by atoms with Crippen LogP contribution in [0.5, 0.6) is 0 Å². The predicted octanol–water partition coefficient (Wildman–Crippen LogP) is 2.39. The first kappa shape index (κ1) is 20.2. The Labute approximate surface area is 159 Å². The van der Waals surface area contributed by atoms with Gasteiger partial charge in [0.15, 0.2) is 0 Å². The third kappa shape index (κ3) is 5.20. The molecule has 1 fully saturated rings. The van der Waals surface area contributed by atoms with E-state index < -0.39 is 10.0 Å². The Hall–Kier alpha value is -2.09. The monoisotopic (exact) mass is 395 g/mol. The van der Waals surface area contributed by atoms with Crippen molar-refractivity contribution < 1.29 is 13.2 Å². The first-order chi connectivity index (χ1) is 12.0. The molecular weight excluding hydrogens is 374 g/mol. The number of carbonyl (C=O) groups is 1. The molecule has 0 radical (unpaired) electrons. The van der Waals surface area contributed by atoms with Crippen LogP contribution in [0.25, 0.3) is 0 Å². The second-order valence-corrected chi connectivity index (χ2v) is 7.70. The lowest BCUT2D eigenvalue weighted by Crippen LogP contribution is -2.45. The van der Waals surface area contributed by atoms with E-state index in [1.165, 1.54) is 24.3 Å². The van der Waals surface area contributed by atoms with Gasteiger partial charge in [0.25, 0.3) is 15.9 Å². The van der Waals surface area contributed by atoms with Crippen LogP contribution in [0.4, 0.5) is 5.69 Å². The number of para-hydroxylation sites is 1. The fourth-order valence-corrected chi connectivity index (χ4v) is 3.81. The number of sulfonamides is 1. The Balaban J connectivity index is 0.00000243. The molecule has 1 atom stereocenters. The zero-order chi connectivity index (χ0) is 17.7. The molecule has 0 spiro atoms. The number of rotatable bonds is 5. The van der Waals surface area contributed by atoms with Gasteiger partial charge in [-0.2, -0.15) is 0 Å². The maximum Gasteiger partial charge on any atom is 0.261 e. The second-order valence-electron chi connectivity index (χ2n) is 6.01. The minimum absolute atomic E-state index is 0. The standard InChI is InChI=1S/C18H21N3O3S.ClH/c22-18(20-16-7-4-12-19-13-16)14-8-10-17(11-9-14)25(23,24)21-15-5-2-1-3-6-15;/h1-3,5-6,8-11,16,19,21H,4,7,12-13H2,(H,20,22);1H. The van der Waals surface area contributed by atoms with Gasteiger partial charge in [0.05, 0.1) is 4.90 Å².